The Kier molecular flexibility index (Phi) is 4.25. The van der Waals surface area contributed by atoms with Crippen LogP contribution in [0.3, 0.4) is 0 Å². The van der Waals surface area contributed by atoms with Gasteiger partial charge in [-0.15, -0.1) is 11.3 Å². The minimum Gasteiger partial charge on any atom is -0.273 e. The Labute approximate surface area is 110 Å². The summed E-state index contributed by atoms with van der Waals surface area (Å²) in [6.07, 6.45) is 2.03. The number of hydrogen-bond donors (Lipinski definition) is 1. The molecule has 0 aliphatic rings. The maximum atomic E-state index is 11.6. The van der Waals surface area contributed by atoms with E-state index in [1.54, 1.807) is 17.6 Å². The van der Waals surface area contributed by atoms with Gasteiger partial charge in [-0.25, -0.2) is 5.43 Å². The third-order valence-electron chi connectivity index (χ3n) is 2.48. The third-order valence-corrected chi connectivity index (χ3v) is 3.43. The minimum atomic E-state index is -0.105. The van der Waals surface area contributed by atoms with Gasteiger partial charge in [-0.05, 0) is 29.5 Å². The number of benzene rings is 1. The summed E-state index contributed by atoms with van der Waals surface area (Å²) in [5.74, 6) is -0.105. The average molecular weight is 258 g/mol. The highest BCUT2D eigenvalue weighted by Crippen LogP contribution is 2.12. The maximum absolute atomic E-state index is 11.6. The van der Waals surface area contributed by atoms with Gasteiger partial charge in [-0.1, -0.05) is 30.3 Å². The van der Waals surface area contributed by atoms with Crippen molar-refractivity contribution in [2.45, 2.75) is 13.3 Å². The van der Waals surface area contributed by atoms with Gasteiger partial charge in [0, 0.05) is 4.88 Å². The second kappa shape index (κ2) is 6.12. The molecule has 0 atom stereocenters. The Morgan fingerprint density at radius 3 is 2.78 bits per heavy atom. The average Bonchev–Trinajstić information content (AvgIpc) is 2.76. The van der Waals surface area contributed by atoms with Gasteiger partial charge in [0.15, 0.2) is 0 Å². The number of carbonyl (C=O) groups excluding carboxylic acids is 1. The Hall–Kier alpha value is -1.94. The Balaban J connectivity index is 1.86. The van der Waals surface area contributed by atoms with E-state index < -0.39 is 0 Å². The van der Waals surface area contributed by atoms with E-state index in [0.29, 0.717) is 6.42 Å². The lowest BCUT2D eigenvalue weighted by Crippen LogP contribution is -2.19. The zero-order valence-corrected chi connectivity index (χ0v) is 10.9. The van der Waals surface area contributed by atoms with Crippen molar-refractivity contribution < 1.29 is 4.79 Å². The van der Waals surface area contributed by atoms with Crippen LogP contribution in [0.4, 0.5) is 0 Å². The van der Waals surface area contributed by atoms with Crippen LogP contribution in [0.15, 0.2) is 46.9 Å². The van der Waals surface area contributed by atoms with E-state index >= 15 is 0 Å². The Morgan fingerprint density at radius 2 is 2.11 bits per heavy atom. The predicted octanol–water partition coefficient (Wildman–Crippen LogP) is 2.75. The Morgan fingerprint density at radius 1 is 1.33 bits per heavy atom. The first-order valence-corrected chi connectivity index (χ1v) is 6.53. The van der Waals surface area contributed by atoms with Crippen LogP contribution in [-0.2, 0) is 11.2 Å². The molecule has 1 amide bonds. The molecule has 18 heavy (non-hydrogen) atoms. The SMILES string of the molecule is Cc1ccsc1/C=N\NC(=O)Cc1ccccc1. The summed E-state index contributed by atoms with van der Waals surface area (Å²) in [6.45, 7) is 2.02. The van der Waals surface area contributed by atoms with Crippen LogP contribution in [-0.4, -0.2) is 12.1 Å². The monoisotopic (exact) mass is 258 g/mol. The van der Waals surface area contributed by atoms with Crippen LogP contribution in [0.25, 0.3) is 0 Å². The molecule has 4 heteroatoms. The fraction of sp³-hybridized carbons (Fsp3) is 0.143. The van der Waals surface area contributed by atoms with E-state index in [0.717, 1.165) is 10.4 Å². The van der Waals surface area contributed by atoms with Crippen LogP contribution in [0.1, 0.15) is 16.0 Å². The molecule has 1 aromatic heterocycles. The lowest BCUT2D eigenvalue weighted by molar-refractivity contribution is -0.120. The molecule has 0 bridgehead atoms. The molecule has 1 heterocycles. The van der Waals surface area contributed by atoms with Crippen molar-refractivity contribution in [1.82, 2.24) is 5.43 Å². The van der Waals surface area contributed by atoms with Crippen LogP contribution in [0.5, 0.6) is 0 Å². The zero-order valence-electron chi connectivity index (χ0n) is 10.1. The maximum Gasteiger partial charge on any atom is 0.244 e. The normalized spacial score (nSPS) is 10.7. The second-order valence-electron chi connectivity index (χ2n) is 3.92. The van der Waals surface area contributed by atoms with Crippen molar-refractivity contribution in [1.29, 1.82) is 0 Å². The van der Waals surface area contributed by atoms with Crippen molar-refractivity contribution >= 4 is 23.5 Å². The first kappa shape index (κ1) is 12.5. The molecule has 0 aliphatic carbocycles. The quantitative estimate of drug-likeness (QED) is 0.665. The molecule has 0 fully saturated rings. The molecule has 0 saturated heterocycles. The second-order valence-corrected chi connectivity index (χ2v) is 4.87. The summed E-state index contributed by atoms with van der Waals surface area (Å²) < 4.78 is 0. The van der Waals surface area contributed by atoms with E-state index in [9.17, 15) is 4.79 Å². The molecule has 3 nitrogen and oxygen atoms in total. The summed E-state index contributed by atoms with van der Waals surface area (Å²) in [7, 11) is 0. The number of rotatable bonds is 4. The van der Waals surface area contributed by atoms with Crippen LogP contribution >= 0.6 is 11.3 Å². The highest BCUT2D eigenvalue weighted by atomic mass is 32.1. The first-order valence-electron chi connectivity index (χ1n) is 5.65. The highest BCUT2D eigenvalue weighted by molar-refractivity contribution is 7.11. The lowest BCUT2D eigenvalue weighted by Gasteiger charge is -1.99. The number of hydrogen-bond acceptors (Lipinski definition) is 3. The van der Waals surface area contributed by atoms with Gasteiger partial charge < -0.3 is 0 Å². The molecule has 0 radical (unpaired) electrons. The molecule has 2 aromatic rings. The van der Waals surface area contributed by atoms with E-state index in [-0.39, 0.29) is 5.91 Å². The lowest BCUT2D eigenvalue weighted by atomic mass is 10.1. The molecule has 0 aliphatic heterocycles. The van der Waals surface area contributed by atoms with Crippen LogP contribution in [0.2, 0.25) is 0 Å². The summed E-state index contributed by atoms with van der Waals surface area (Å²) in [6, 6.07) is 11.6. The van der Waals surface area contributed by atoms with Crippen molar-refractivity contribution in [3.8, 4) is 0 Å². The van der Waals surface area contributed by atoms with Crippen LogP contribution in [0, 0.1) is 6.92 Å². The van der Waals surface area contributed by atoms with Gasteiger partial charge in [-0.2, -0.15) is 5.10 Å². The largest absolute Gasteiger partial charge is 0.273 e. The zero-order chi connectivity index (χ0) is 12.8. The number of nitrogens with one attached hydrogen (secondary N) is 1. The summed E-state index contributed by atoms with van der Waals surface area (Å²) >= 11 is 1.60. The standard InChI is InChI=1S/C14H14N2OS/c1-11-7-8-18-13(11)10-15-16-14(17)9-12-5-3-2-4-6-12/h2-8,10H,9H2,1H3,(H,16,17)/b15-10-. The molecule has 92 valence electrons. The molecular formula is C14H14N2OS. The van der Waals surface area contributed by atoms with E-state index in [4.69, 9.17) is 0 Å². The molecule has 0 spiro atoms. The van der Waals surface area contributed by atoms with Crippen molar-refractivity contribution in [3.05, 3.63) is 57.8 Å². The van der Waals surface area contributed by atoms with Gasteiger partial charge in [0.1, 0.15) is 0 Å². The van der Waals surface area contributed by atoms with Gasteiger partial charge >= 0.3 is 0 Å². The fourth-order valence-electron chi connectivity index (χ4n) is 1.50. The number of nitrogens with zero attached hydrogens (tertiary/aromatic N) is 1. The third kappa shape index (κ3) is 3.53. The molecule has 0 unspecified atom stereocenters. The molecule has 1 N–H and O–H groups in total. The highest BCUT2D eigenvalue weighted by Gasteiger charge is 2.01. The smallest absolute Gasteiger partial charge is 0.244 e. The summed E-state index contributed by atoms with van der Waals surface area (Å²) in [5.41, 5.74) is 4.69. The Bertz CT molecular complexity index is 546. The predicted molar refractivity (Wildman–Crippen MR) is 74.9 cm³/mol. The fourth-order valence-corrected chi connectivity index (χ4v) is 2.29. The summed E-state index contributed by atoms with van der Waals surface area (Å²) in [4.78, 5) is 12.7. The van der Waals surface area contributed by atoms with Gasteiger partial charge in [0.2, 0.25) is 5.91 Å². The topological polar surface area (TPSA) is 41.5 Å². The number of aryl methyl sites for hydroxylation is 1. The number of thiophene rings is 1. The number of carbonyl (C=O) groups is 1. The molecular weight excluding hydrogens is 244 g/mol. The number of amides is 1. The van der Waals surface area contributed by atoms with E-state index in [1.165, 1.54) is 5.56 Å². The van der Waals surface area contributed by atoms with Crippen molar-refractivity contribution in [3.63, 3.8) is 0 Å². The molecule has 0 saturated carbocycles. The van der Waals surface area contributed by atoms with Crippen molar-refractivity contribution in [2.75, 3.05) is 0 Å². The van der Waals surface area contributed by atoms with Crippen LogP contribution < -0.4 is 5.43 Å². The minimum absolute atomic E-state index is 0.105. The van der Waals surface area contributed by atoms with Gasteiger partial charge in [0.05, 0.1) is 12.6 Å². The number of hydrazone groups is 1. The van der Waals surface area contributed by atoms with E-state index in [2.05, 4.69) is 10.5 Å². The molecule has 1 aromatic carbocycles. The molecule has 2 rings (SSSR count). The van der Waals surface area contributed by atoms with Gasteiger partial charge in [-0.3, -0.25) is 4.79 Å². The van der Waals surface area contributed by atoms with Gasteiger partial charge in [0.25, 0.3) is 0 Å². The summed E-state index contributed by atoms with van der Waals surface area (Å²) in [5, 5.41) is 5.96. The van der Waals surface area contributed by atoms with Crippen molar-refractivity contribution in [2.24, 2.45) is 5.10 Å². The first-order chi connectivity index (χ1) is 8.75. The van der Waals surface area contributed by atoms with E-state index in [1.807, 2.05) is 48.7 Å².